The largest absolute Gasteiger partial charge is 0.369 e. The van der Waals surface area contributed by atoms with E-state index in [0.717, 1.165) is 6.42 Å². The first-order chi connectivity index (χ1) is 7.00. The van der Waals surface area contributed by atoms with Crippen LogP contribution >= 0.6 is 0 Å². The summed E-state index contributed by atoms with van der Waals surface area (Å²) in [5.74, 6) is 1.54. The molecule has 15 heavy (non-hydrogen) atoms. The van der Waals surface area contributed by atoms with Crippen molar-refractivity contribution in [3.63, 3.8) is 0 Å². The molecule has 0 spiro atoms. The minimum atomic E-state index is 0.00842. The van der Waals surface area contributed by atoms with Crippen LogP contribution in [0.1, 0.15) is 27.2 Å². The van der Waals surface area contributed by atoms with E-state index in [2.05, 4.69) is 37.1 Å². The van der Waals surface area contributed by atoms with Crippen LogP contribution < -0.4 is 11.5 Å². The maximum Gasteiger partial charge on any atom is 0.211 e. The molecule has 0 fully saturated rings. The lowest BCUT2D eigenvalue weighted by Crippen LogP contribution is -2.25. The topological polar surface area (TPSA) is 76.8 Å². The highest BCUT2D eigenvalue weighted by Gasteiger charge is 2.24. The summed E-state index contributed by atoms with van der Waals surface area (Å²) in [5.41, 5.74) is 11.9. The zero-order valence-electron chi connectivity index (χ0n) is 9.64. The third-order valence-corrected chi connectivity index (χ3v) is 2.87. The number of allylic oxidation sites excluding steroid dienone is 2. The van der Waals surface area contributed by atoms with Gasteiger partial charge < -0.3 is 11.5 Å². The first-order valence-corrected chi connectivity index (χ1v) is 5.30. The van der Waals surface area contributed by atoms with Crippen molar-refractivity contribution in [1.29, 1.82) is 0 Å². The average molecular weight is 208 g/mol. The van der Waals surface area contributed by atoms with Crippen molar-refractivity contribution in [2.75, 3.05) is 0 Å². The molecule has 0 amide bonds. The van der Waals surface area contributed by atoms with Gasteiger partial charge in [-0.05, 0) is 25.2 Å². The molecule has 0 aromatic heterocycles. The monoisotopic (exact) mass is 208 g/mol. The lowest BCUT2D eigenvalue weighted by molar-refractivity contribution is 0.362. The highest BCUT2D eigenvalue weighted by molar-refractivity contribution is 5.76. The Hall–Kier alpha value is -1.32. The molecule has 4 heteroatoms. The minimum absolute atomic E-state index is 0.00842. The van der Waals surface area contributed by atoms with Crippen LogP contribution in [-0.4, -0.2) is 12.2 Å². The van der Waals surface area contributed by atoms with Gasteiger partial charge in [-0.1, -0.05) is 25.5 Å². The Morgan fingerprint density at radius 2 is 2.13 bits per heavy atom. The molecule has 0 aliphatic heterocycles. The maximum atomic E-state index is 5.20. The van der Waals surface area contributed by atoms with E-state index in [4.69, 9.17) is 11.5 Å². The van der Waals surface area contributed by atoms with Crippen molar-refractivity contribution in [2.24, 2.45) is 39.4 Å². The fraction of sp³-hybridized carbons (Fsp3) is 0.636. The number of hydrogen-bond donors (Lipinski definition) is 2. The van der Waals surface area contributed by atoms with Gasteiger partial charge in [0.15, 0.2) is 0 Å². The van der Waals surface area contributed by atoms with Crippen molar-refractivity contribution in [3.8, 4) is 0 Å². The van der Waals surface area contributed by atoms with E-state index in [9.17, 15) is 0 Å². The standard InChI is InChI=1S/C11H20N4/c1-7-4-8(2)10(9(3)5-7)6-14-15-11(12)13/h4,6,8-10H,5H2,1-3H3,(H4,12,13,15)/b14-6+/t8-,9-,10-/m0/s1. The van der Waals surface area contributed by atoms with Crippen LogP contribution in [-0.2, 0) is 0 Å². The predicted octanol–water partition coefficient (Wildman–Crippen LogP) is 1.48. The Balaban J connectivity index is 2.70. The molecule has 0 aromatic rings. The zero-order chi connectivity index (χ0) is 11.4. The molecule has 3 atom stereocenters. The third kappa shape index (κ3) is 3.38. The normalized spacial score (nSPS) is 31.4. The summed E-state index contributed by atoms with van der Waals surface area (Å²) >= 11 is 0. The number of nitrogens with zero attached hydrogens (tertiary/aromatic N) is 2. The fourth-order valence-corrected chi connectivity index (χ4v) is 2.25. The summed E-state index contributed by atoms with van der Waals surface area (Å²) in [6.45, 7) is 6.61. The van der Waals surface area contributed by atoms with Gasteiger partial charge in [0, 0.05) is 12.1 Å². The number of rotatable bonds is 2. The van der Waals surface area contributed by atoms with Gasteiger partial charge in [-0.15, -0.1) is 5.10 Å². The molecule has 4 N–H and O–H groups in total. The van der Waals surface area contributed by atoms with Crippen molar-refractivity contribution in [2.45, 2.75) is 27.2 Å². The van der Waals surface area contributed by atoms with Gasteiger partial charge in [0.05, 0.1) is 0 Å². The van der Waals surface area contributed by atoms with E-state index in [1.165, 1.54) is 5.57 Å². The van der Waals surface area contributed by atoms with Crippen LogP contribution in [0, 0.1) is 17.8 Å². The first kappa shape index (κ1) is 11.8. The van der Waals surface area contributed by atoms with E-state index < -0.39 is 0 Å². The summed E-state index contributed by atoms with van der Waals surface area (Å²) in [4.78, 5) is 0. The van der Waals surface area contributed by atoms with Crippen molar-refractivity contribution in [3.05, 3.63) is 11.6 Å². The van der Waals surface area contributed by atoms with E-state index >= 15 is 0 Å². The molecule has 0 heterocycles. The Labute approximate surface area is 91.1 Å². The maximum absolute atomic E-state index is 5.20. The van der Waals surface area contributed by atoms with Gasteiger partial charge in [-0.3, -0.25) is 0 Å². The first-order valence-electron chi connectivity index (χ1n) is 5.30. The van der Waals surface area contributed by atoms with Crippen LogP contribution in [0.25, 0.3) is 0 Å². The molecular weight excluding hydrogens is 188 g/mol. The van der Waals surface area contributed by atoms with Crippen LogP contribution in [0.5, 0.6) is 0 Å². The smallest absolute Gasteiger partial charge is 0.211 e. The molecule has 1 rings (SSSR count). The highest BCUT2D eigenvalue weighted by atomic mass is 15.3. The van der Waals surface area contributed by atoms with E-state index in [-0.39, 0.29) is 5.96 Å². The average Bonchev–Trinajstić information content (AvgIpc) is 2.08. The molecule has 0 aromatic carbocycles. The van der Waals surface area contributed by atoms with Crippen molar-refractivity contribution < 1.29 is 0 Å². The van der Waals surface area contributed by atoms with Gasteiger partial charge in [-0.25, -0.2) is 0 Å². The van der Waals surface area contributed by atoms with Crippen molar-refractivity contribution >= 4 is 12.2 Å². The second-order valence-corrected chi connectivity index (χ2v) is 4.42. The fourth-order valence-electron chi connectivity index (χ4n) is 2.25. The molecule has 4 nitrogen and oxygen atoms in total. The van der Waals surface area contributed by atoms with E-state index in [1.807, 2.05) is 6.21 Å². The Morgan fingerprint density at radius 3 is 2.67 bits per heavy atom. The van der Waals surface area contributed by atoms with Crippen LogP contribution in [0.4, 0.5) is 0 Å². The summed E-state index contributed by atoms with van der Waals surface area (Å²) in [5, 5.41) is 7.53. The van der Waals surface area contributed by atoms with Gasteiger partial charge in [0.2, 0.25) is 5.96 Å². The molecule has 84 valence electrons. The van der Waals surface area contributed by atoms with Crippen LogP contribution in [0.15, 0.2) is 21.9 Å². The number of guanidine groups is 1. The highest BCUT2D eigenvalue weighted by Crippen LogP contribution is 2.32. The van der Waals surface area contributed by atoms with Crippen LogP contribution in [0.3, 0.4) is 0 Å². The molecule has 0 bridgehead atoms. The molecule has 0 unspecified atom stereocenters. The van der Waals surface area contributed by atoms with Gasteiger partial charge in [0.1, 0.15) is 0 Å². The summed E-state index contributed by atoms with van der Waals surface area (Å²) < 4.78 is 0. The zero-order valence-corrected chi connectivity index (χ0v) is 9.64. The van der Waals surface area contributed by atoms with Crippen LogP contribution in [0.2, 0.25) is 0 Å². The minimum Gasteiger partial charge on any atom is -0.369 e. The van der Waals surface area contributed by atoms with Gasteiger partial charge in [0.25, 0.3) is 0 Å². The van der Waals surface area contributed by atoms with Crippen molar-refractivity contribution in [1.82, 2.24) is 0 Å². The molecule has 0 radical (unpaired) electrons. The lowest BCUT2D eigenvalue weighted by atomic mass is 9.76. The number of hydrogen-bond acceptors (Lipinski definition) is 2. The lowest BCUT2D eigenvalue weighted by Gasteiger charge is -2.29. The SMILES string of the molecule is CC1=C[C@H](C)[C@H](/C=N/N=C(N)N)[C@@H](C)C1. The quantitative estimate of drug-likeness (QED) is 0.312. The molecule has 0 saturated heterocycles. The Bertz CT molecular complexity index is 300. The second kappa shape index (κ2) is 4.96. The summed E-state index contributed by atoms with van der Waals surface area (Å²) in [6, 6.07) is 0. The second-order valence-electron chi connectivity index (χ2n) is 4.42. The Morgan fingerprint density at radius 1 is 1.47 bits per heavy atom. The molecule has 0 saturated carbocycles. The van der Waals surface area contributed by atoms with E-state index in [1.54, 1.807) is 0 Å². The Kier molecular flexibility index (Phi) is 3.88. The summed E-state index contributed by atoms with van der Waals surface area (Å²) in [6.07, 6.45) is 5.28. The third-order valence-electron chi connectivity index (χ3n) is 2.87. The summed E-state index contributed by atoms with van der Waals surface area (Å²) in [7, 11) is 0. The number of nitrogens with two attached hydrogens (primary N) is 2. The predicted molar refractivity (Wildman–Crippen MR) is 64.5 cm³/mol. The molecular formula is C11H20N4. The molecule has 1 aliphatic carbocycles. The van der Waals surface area contributed by atoms with E-state index in [0.29, 0.717) is 17.8 Å². The van der Waals surface area contributed by atoms with Gasteiger partial charge >= 0.3 is 0 Å². The molecule has 1 aliphatic rings. The van der Waals surface area contributed by atoms with Gasteiger partial charge in [-0.2, -0.15) is 5.10 Å².